The first-order valence-corrected chi connectivity index (χ1v) is 10.3. The molecule has 2 heterocycles. The number of hydrogen-bond acceptors (Lipinski definition) is 4. The molecule has 1 aromatic rings. The van der Waals surface area contributed by atoms with Crippen LogP contribution in [0.5, 0.6) is 0 Å². The second kappa shape index (κ2) is 13.0. The number of hydrogen-bond donors (Lipinski definition) is 2. The highest BCUT2D eigenvalue weighted by Gasteiger charge is 2.15. The predicted octanol–water partition coefficient (Wildman–Crippen LogP) is 3.48. The molecule has 0 atom stereocenters. The average Bonchev–Trinajstić information content (AvgIpc) is 2.74. The number of anilines is 1. The van der Waals surface area contributed by atoms with Gasteiger partial charge < -0.3 is 20.3 Å². The van der Waals surface area contributed by atoms with Gasteiger partial charge in [-0.05, 0) is 45.1 Å². The second-order valence-corrected chi connectivity index (χ2v) is 7.07. The summed E-state index contributed by atoms with van der Waals surface area (Å²) in [6, 6.07) is 4.11. The third-order valence-corrected chi connectivity index (χ3v) is 5.05. The zero-order valence-corrected chi connectivity index (χ0v) is 19.3. The van der Waals surface area contributed by atoms with E-state index in [1.54, 1.807) is 5.57 Å². The number of guanidine groups is 1. The fraction of sp³-hybridized carbons (Fsp3) is 0.619. The van der Waals surface area contributed by atoms with Crippen LogP contribution in [0.3, 0.4) is 0 Å². The zero-order chi connectivity index (χ0) is 18.7. The first kappa shape index (κ1) is 22.9. The monoisotopic (exact) mass is 499 g/mol. The van der Waals surface area contributed by atoms with E-state index >= 15 is 0 Å². The van der Waals surface area contributed by atoms with Gasteiger partial charge in [0.2, 0.25) is 0 Å². The number of pyridine rings is 1. The van der Waals surface area contributed by atoms with Gasteiger partial charge in [0, 0.05) is 37.9 Å². The van der Waals surface area contributed by atoms with E-state index in [9.17, 15) is 0 Å². The highest BCUT2D eigenvalue weighted by atomic mass is 127. The Bertz CT molecular complexity index is 643. The van der Waals surface area contributed by atoms with Crippen LogP contribution in [0, 0.1) is 0 Å². The van der Waals surface area contributed by atoms with Crippen molar-refractivity contribution in [3.05, 3.63) is 35.5 Å². The molecule has 0 saturated carbocycles. The summed E-state index contributed by atoms with van der Waals surface area (Å²) in [5, 5.41) is 6.84. The van der Waals surface area contributed by atoms with Gasteiger partial charge in [-0.15, -0.1) is 24.0 Å². The largest absolute Gasteiger partial charge is 0.378 e. The normalized spacial score (nSPS) is 17.5. The van der Waals surface area contributed by atoms with Crippen LogP contribution in [0.4, 0.5) is 5.82 Å². The van der Waals surface area contributed by atoms with Gasteiger partial charge >= 0.3 is 0 Å². The third kappa shape index (κ3) is 7.24. The molecule has 0 amide bonds. The van der Waals surface area contributed by atoms with E-state index in [0.29, 0.717) is 6.54 Å². The summed E-state index contributed by atoms with van der Waals surface area (Å²) in [7, 11) is 0. The fourth-order valence-electron chi connectivity index (χ4n) is 3.59. The van der Waals surface area contributed by atoms with Crippen molar-refractivity contribution >= 4 is 35.8 Å². The maximum absolute atomic E-state index is 5.46. The standard InChI is InChI=1S/C21H33N5O.HI/c1-2-22-21(24-12-10-18-7-4-3-5-8-18)25-17-19-9-6-11-23-20(19)26-13-15-27-16-14-26;/h6-7,9,11H,2-5,8,10,12-17H2,1H3,(H2,22,24,25);1H. The molecule has 0 aromatic carbocycles. The number of morpholine rings is 1. The first-order valence-electron chi connectivity index (χ1n) is 10.3. The number of nitrogens with one attached hydrogen (secondary N) is 2. The van der Waals surface area contributed by atoms with Crippen molar-refractivity contribution < 1.29 is 4.74 Å². The SMILES string of the molecule is CCNC(=NCc1cccnc1N1CCOCC1)NCCC1=CCCCC1.I. The van der Waals surface area contributed by atoms with Gasteiger partial charge in [-0.3, -0.25) is 0 Å². The van der Waals surface area contributed by atoms with Crippen molar-refractivity contribution in [1.29, 1.82) is 0 Å². The van der Waals surface area contributed by atoms with Crippen molar-refractivity contribution in [1.82, 2.24) is 15.6 Å². The van der Waals surface area contributed by atoms with Gasteiger partial charge in [-0.1, -0.05) is 17.7 Å². The molecular weight excluding hydrogens is 465 g/mol. The van der Waals surface area contributed by atoms with Crippen LogP contribution in [-0.2, 0) is 11.3 Å². The number of halogens is 1. The fourth-order valence-corrected chi connectivity index (χ4v) is 3.59. The van der Waals surface area contributed by atoms with Crippen LogP contribution in [0.2, 0.25) is 0 Å². The van der Waals surface area contributed by atoms with Crippen LogP contribution in [0.15, 0.2) is 35.0 Å². The molecule has 1 aliphatic heterocycles. The Kier molecular flexibility index (Phi) is 10.6. The van der Waals surface area contributed by atoms with E-state index < -0.39 is 0 Å². The number of nitrogens with zero attached hydrogens (tertiary/aromatic N) is 3. The van der Waals surface area contributed by atoms with Gasteiger partial charge in [-0.2, -0.15) is 0 Å². The van der Waals surface area contributed by atoms with Crippen LogP contribution in [0.1, 0.15) is 44.6 Å². The smallest absolute Gasteiger partial charge is 0.191 e. The Morgan fingerprint density at radius 1 is 1.25 bits per heavy atom. The van der Waals surface area contributed by atoms with E-state index in [2.05, 4.69) is 39.6 Å². The molecule has 2 N–H and O–H groups in total. The minimum absolute atomic E-state index is 0. The van der Waals surface area contributed by atoms with Gasteiger partial charge in [-0.25, -0.2) is 9.98 Å². The molecule has 0 radical (unpaired) electrons. The van der Waals surface area contributed by atoms with Crippen molar-refractivity contribution in [2.24, 2.45) is 4.99 Å². The van der Waals surface area contributed by atoms with Crippen molar-refractivity contribution in [3.8, 4) is 0 Å². The van der Waals surface area contributed by atoms with Gasteiger partial charge in [0.1, 0.15) is 5.82 Å². The Balaban J connectivity index is 0.00000280. The number of aliphatic imine (C=N–C) groups is 1. The molecule has 2 aliphatic rings. The van der Waals surface area contributed by atoms with Crippen molar-refractivity contribution in [2.45, 2.75) is 45.6 Å². The highest BCUT2D eigenvalue weighted by molar-refractivity contribution is 14.0. The van der Waals surface area contributed by atoms with Gasteiger partial charge in [0.25, 0.3) is 0 Å². The topological polar surface area (TPSA) is 61.8 Å². The number of rotatable bonds is 7. The Morgan fingerprint density at radius 3 is 2.86 bits per heavy atom. The summed E-state index contributed by atoms with van der Waals surface area (Å²) in [6.07, 6.45) is 10.6. The lowest BCUT2D eigenvalue weighted by Gasteiger charge is -2.29. The summed E-state index contributed by atoms with van der Waals surface area (Å²) in [6.45, 7) is 7.82. The molecular formula is C21H34IN5O. The summed E-state index contributed by atoms with van der Waals surface area (Å²) in [4.78, 5) is 11.7. The molecule has 1 fully saturated rings. The molecule has 156 valence electrons. The second-order valence-electron chi connectivity index (χ2n) is 7.07. The number of aromatic nitrogens is 1. The molecule has 6 nitrogen and oxygen atoms in total. The maximum atomic E-state index is 5.46. The lowest BCUT2D eigenvalue weighted by molar-refractivity contribution is 0.122. The predicted molar refractivity (Wildman–Crippen MR) is 127 cm³/mol. The van der Waals surface area contributed by atoms with E-state index in [1.165, 1.54) is 25.7 Å². The Labute approximate surface area is 186 Å². The quantitative estimate of drug-likeness (QED) is 0.261. The molecule has 1 saturated heterocycles. The van der Waals surface area contributed by atoms with E-state index in [0.717, 1.165) is 63.2 Å². The van der Waals surface area contributed by atoms with Crippen molar-refractivity contribution in [3.63, 3.8) is 0 Å². The molecule has 7 heteroatoms. The summed E-state index contributed by atoms with van der Waals surface area (Å²) in [5.41, 5.74) is 2.75. The lowest BCUT2D eigenvalue weighted by Crippen LogP contribution is -2.38. The Hall–Kier alpha value is -1.35. The summed E-state index contributed by atoms with van der Waals surface area (Å²) < 4.78 is 5.46. The lowest BCUT2D eigenvalue weighted by atomic mass is 9.97. The molecule has 1 aliphatic carbocycles. The average molecular weight is 499 g/mol. The summed E-state index contributed by atoms with van der Waals surface area (Å²) in [5.74, 6) is 1.92. The molecule has 0 unspecified atom stereocenters. The van der Waals surface area contributed by atoms with E-state index in [-0.39, 0.29) is 24.0 Å². The first-order chi connectivity index (χ1) is 13.4. The van der Waals surface area contributed by atoms with Crippen LogP contribution < -0.4 is 15.5 Å². The molecule has 28 heavy (non-hydrogen) atoms. The van der Waals surface area contributed by atoms with Crippen LogP contribution >= 0.6 is 24.0 Å². The molecule has 0 bridgehead atoms. The minimum atomic E-state index is 0. The Morgan fingerprint density at radius 2 is 2.11 bits per heavy atom. The minimum Gasteiger partial charge on any atom is -0.378 e. The molecule has 0 spiro atoms. The van der Waals surface area contributed by atoms with E-state index in [1.807, 2.05) is 12.3 Å². The van der Waals surface area contributed by atoms with Crippen LogP contribution in [-0.4, -0.2) is 50.3 Å². The summed E-state index contributed by atoms with van der Waals surface area (Å²) >= 11 is 0. The van der Waals surface area contributed by atoms with E-state index in [4.69, 9.17) is 9.73 Å². The maximum Gasteiger partial charge on any atom is 0.191 e. The van der Waals surface area contributed by atoms with Crippen LogP contribution in [0.25, 0.3) is 0 Å². The van der Waals surface area contributed by atoms with Gasteiger partial charge in [0.15, 0.2) is 5.96 Å². The zero-order valence-electron chi connectivity index (χ0n) is 17.0. The number of ether oxygens (including phenoxy) is 1. The molecule has 1 aromatic heterocycles. The third-order valence-electron chi connectivity index (χ3n) is 5.05. The van der Waals surface area contributed by atoms with Crippen molar-refractivity contribution in [2.75, 3.05) is 44.3 Å². The molecule has 3 rings (SSSR count). The highest BCUT2D eigenvalue weighted by Crippen LogP contribution is 2.20. The number of allylic oxidation sites excluding steroid dienone is 1. The van der Waals surface area contributed by atoms with Gasteiger partial charge in [0.05, 0.1) is 19.8 Å².